The molecule has 2 aromatic heterocycles. The number of hydrogen-bond acceptors (Lipinski definition) is 7. The number of nitrogens with zero attached hydrogens (tertiary/aromatic N) is 3. The highest BCUT2D eigenvalue weighted by Gasteiger charge is 2.16. The van der Waals surface area contributed by atoms with Crippen LogP contribution in [0.1, 0.15) is 15.9 Å². The maximum atomic E-state index is 13.0. The van der Waals surface area contributed by atoms with E-state index in [1.807, 2.05) is 0 Å². The molecule has 4 rings (SSSR count). The first kappa shape index (κ1) is 22.4. The topological polar surface area (TPSA) is 123 Å². The van der Waals surface area contributed by atoms with Crippen LogP contribution in [0, 0.1) is 0 Å². The molecule has 9 heteroatoms. The maximum Gasteiger partial charge on any atom is 0.325 e. The van der Waals surface area contributed by atoms with Crippen LogP contribution in [0.15, 0.2) is 82.7 Å². The van der Waals surface area contributed by atoms with Crippen molar-refractivity contribution in [3.63, 3.8) is 0 Å². The lowest BCUT2D eigenvalue weighted by molar-refractivity contribution is -0.139. The van der Waals surface area contributed by atoms with E-state index in [1.165, 1.54) is 19.5 Å². The minimum atomic E-state index is -0.548. The highest BCUT2D eigenvalue weighted by Crippen LogP contribution is 2.26. The summed E-state index contributed by atoms with van der Waals surface area (Å²) in [4.78, 5) is 44.9. The van der Waals surface area contributed by atoms with Gasteiger partial charge in [-0.05, 0) is 42.5 Å². The van der Waals surface area contributed by atoms with E-state index in [-0.39, 0.29) is 18.2 Å². The van der Waals surface area contributed by atoms with Gasteiger partial charge in [-0.15, -0.1) is 0 Å². The number of amides is 1. The lowest BCUT2D eigenvalue weighted by atomic mass is 10.1. The summed E-state index contributed by atoms with van der Waals surface area (Å²) in [6, 6.07) is 18.4. The van der Waals surface area contributed by atoms with Crippen LogP contribution in [0.3, 0.4) is 0 Å². The summed E-state index contributed by atoms with van der Waals surface area (Å²) in [6.07, 6.45) is 3.00. The number of benzene rings is 2. The molecule has 0 saturated carbocycles. The summed E-state index contributed by atoms with van der Waals surface area (Å²) in [5, 5.41) is 14.4. The summed E-state index contributed by atoms with van der Waals surface area (Å²) in [6.45, 7) is -0.229. The lowest BCUT2D eigenvalue weighted by Gasteiger charge is -2.12. The number of rotatable bonds is 6. The van der Waals surface area contributed by atoms with Gasteiger partial charge in [-0.3, -0.25) is 19.4 Å². The first-order valence-corrected chi connectivity index (χ1v) is 10.3. The van der Waals surface area contributed by atoms with E-state index in [9.17, 15) is 19.5 Å². The highest BCUT2D eigenvalue weighted by atomic mass is 16.5. The number of fused-ring (bicyclic) bond motifs is 1. The van der Waals surface area contributed by atoms with Crippen molar-refractivity contribution in [1.82, 2.24) is 14.9 Å². The van der Waals surface area contributed by atoms with Crippen LogP contribution in [-0.4, -0.2) is 46.4 Å². The average molecular weight is 456 g/mol. The van der Waals surface area contributed by atoms with Crippen LogP contribution in [-0.2, 0) is 9.53 Å². The fourth-order valence-electron chi connectivity index (χ4n) is 3.35. The zero-order valence-electron chi connectivity index (χ0n) is 18.1. The molecule has 2 N–H and O–H groups in total. The molecule has 0 radical (unpaired) electrons. The van der Waals surface area contributed by atoms with Crippen LogP contribution < -0.4 is 10.9 Å². The third-order valence-corrected chi connectivity index (χ3v) is 5.07. The van der Waals surface area contributed by atoms with Crippen molar-refractivity contribution in [2.24, 2.45) is 4.99 Å². The molecule has 0 bridgehead atoms. The van der Waals surface area contributed by atoms with Crippen LogP contribution in [0.25, 0.3) is 16.6 Å². The van der Waals surface area contributed by atoms with Crippen molar-refractivity contribution in [2.45, 2.75) is 0 Å². The largest absolute Gasteiger partial charge is 0.494 e. The summed E-state index contributed by atoms with van der Waals surface area (Å²) in [5.74, 6) is -0.974. The number of carbonyl (C=O) groups excluding carboxylic acids is 2. The van der Waals surface area contributed by atoms with Gasteiger partial charge in [0.05, 0.1) is 18.4 Å². The molecule has 0 fully saturated rings. The normalized spacial score (nSPS) is 11.0. The first-order chi connectivity index (χ1) is 16.5. The number of aliphatic imine (C=N–C) groups is 1. The van der Waals surface area contributed by atoms with Gasteiger partial charge in [0, 0.05) is 28.7 Å². The van der Waals surface area contributed by atoms with Crippen LogP contribution >= 0.6 is 0 Å². The SMILES string of the molecule is COC(=O)CNC(=O)c1ccc(N=Cc2c(O)n(-c3ccccn3)c(=O)c3ccccc23)cc1. The van der Waals surface area contributed by atoms with E-state index < -0.39 is 17.4 Å². The molecule has 0 aliphatic rings. The van der Waals surface area contributed by atoms with E-state index in [1.54, 1.807) is 66.7 Å². The molecular formula is C25H20N4O5. The molecule has 0 saturated heterocycles. The lowest BCUT2D eigenvalue weighted by Crippen LogP contribution is -2.29. The standard InChI is InChI=1S/C25H20N4O5/c1-34-22(30)15-28-23(31)16-9-11-17(12-10-16)27-14-20-18-6-2-3-7-19(18)24(32)29(25(20)33)21-8-4-5-13-26-21/h2-14,33H,15H2,1H3,(H,28,31). The Morgan fingerprint density at radius 3 is 2.44 bits per heavy atom. The molecule has 0 spiro atoms. The van der Waals surface area contributed by atoms with E-state index in [2.05, 4.69) is 20.0 Å². The number of methoxy groups -OCH3 is 1. The molecule has 4 aromatic rings. The van der Waals surface area contributed by atoms with Crippen molar-refractivity contribution in [1.29, 1.82) is 0 Å². The summed E-state index contributed by atoms with van der Waals surface area (Å²) in [5.41, 5.74) is 0.815. The average Bonchev–Trinajstić information content (AvgIpc) is 2.88. The zero-order chi connectivity index (χ0) is 24.1. The molecule has 2 heterocycles. The zero-order valence-corrected chi connectivity index (χ0v) is 18.1. The van der Waals surface area contributed by atoms with Gasteiger partial charge < -0.3 is 15.2 Å². The second kappa shape index (κ2) is 9.78. The second-order valence-electron chi connectivity index (χ2n) is 7.18. The Hall–Kier alpha value is -4.79. The van der Waals surface area contributed by atoms with Gasteiger partial charge >= 0.3 is 5.97 Å². The molecule has 170 valence electrons. The molecule has 9 nitrogen and oxygen atoms in total. The van der Waals surface area contributed by atoms with Gasteiger partial charge in [-0.1, -0.05) is 24.3 Å². The Morgan fingerprint density at radius 1 is 1.06 bits per heavy atom. The second-order valence-corrected chi connectivity index (χ2v) is 7.18. The van der Waals surface area contributed by atoms with Crippen molar-refractivity contribution >= 4 is 34.6 Å². The fraction of sp³-hybridized carbons (Fsp3) is 0.0800. The van der Waals surface area contributed by atoms with Crippen LogP contribution in [0.5, 0.6) is 5.88 Å². The van der Waals surface area contributed by atoms with Gasteiger partial charge in [0.25, 0.3) is 11.5 Å². The molecule has 34 heavy (non-hydrogen) atoms. The van der Waals surface area contributed by atoms with Crippen molar-refractivity contribution in [3.8, 4) is 11.7 Å². The molecule has 0 aliphatic heterocycles. The number of ether oxygens (including phenoxy) is 1. The maximum absolute atomic E-state index is 13.0. The molecule has 0 atom stereocenters. The van der Waals surface area contributed by atoms with Crippen molar-refractivity contribution < 1.29 is 19.4 Å². The number of nitrogens with one attached hydrogen (secondary N) is 1. The molecule has 0 unspecified atom stereocenters. The Morgan fingerprint density at radius 2 is 1.76 bits per heavy atom. The van der Waals surface area contributed by atoms with Crippen LogP contribution in [0.4, 0.5) is 5.69 Å². The number of esters is 1. The highest BCUT2D eigenvalue weighted by molar-refractivity contribution is 6.02. The van der Waals surface area contributed by atoms with E-state index >= 15 is 0 Å². The minimum Gasteiger partial charge on any atom is -0.494 e. The summed E-state index contributed by atoms with van der Waals surface area (Å²) >= 11 is 0. The number of aromatic hydroxyl groups is 1. The Labute approximate surface area is 194 Å². The number of carbonyl (C=O) groups is 2. The minimum absolute atomic E-state index is 0.229. The quantitative estimate of drug-likeness (QED) is 0.340. The number of pyridine rings is 2. The predicted molar refractivity (Wildman–Crippen MR) is 127 cm³/mol. The molecule has 2 aromatic carbocycles. The Balaban J connectivity index is 1.68. The van der Waals surface area contributed by atoms with Gasteiger partial charge in [-0.2, -0.15) is 0 Å². The van der Waals surface area contributed by atoms with E-state index in [0.717, 1.165) is 4.57 Å². The van der Waals surface area contributed by atoms with Gasteiger partial charge in [0.2, 0.25) is 5.88 Å². The Bertz CT molecular complexity index is 1440. The van der Waals surface area contributed by atoms with Gasteiger partial charge in [0.1, 0.15) is 12.4 Å². The van der Waals surface area contributed by atoms with E-state index in [4.69, 9.17) is 0 Å². The van der Waals surface area contributed by atoms with Crippen molar-refractivity contribution in [3.05, 3.63) is 94.4 Å². The smallest absolute Gasteiger partial charge is 0.325 e. The predicted octanol–water partition coefficient (Wildman–Crippen LogP) is 2.74. The third-order valence-electron chi connectivity index (χ3n) is 5.07. The summed E-state index contributed by atoms with van der Waals surface area (Å²) < 4.78 is 5.63. The summed E-state index contributed by atoms with van der Waals surface area (Å²) in [7, 11) is 1.24. The van der Waals surface area contributed by atoms with Crippen LogP contribution in [0.2, 0.25) is 0 Å². The number of hydrogen-bond donors (Lipinski definition) is 2. The molecule has 0 aliphatic carbocycles. The van der Waals surface area contributed by atoms with Crippen molar-refractivity contribution in [2.75, 3.05) is 13.7 Å². The first-order valence-electron chi connectivity index (χ1n) is 10.3. The molecule has 1 amide bonds. The monoisotopic (exact) mass is 456 g/mol. The molecular weight excluding hydrogens is 436 g/mol. The third kappa shape index (κ3) is 4.53. The van der Waals surface area contributed by atoms with E-state index in [0.29, 0.717) is 27.6 Å². The Kier molecular flexibility index (Phi) is 6.45. The van der Waals surface area contributed by atoms with Gasteiger partial charge in [0.15, 0.2) is 0 Å². The fourth-order valence-corrected chi connectivity index (χ4v) is 3.35. The number of aromatic nitrogens is 2. The van der Waals surface area contributed by atoms with Gasteiger partial charge in [-0.25, -0.2) is 9.55 Å².